The van der Waals surface area contributed by atoms with Crippen molar-refractivity contribution < 1.29 is 17.9 Å². The zero-order valence-electron chi connectivity index (χ0n) is 12.3. The number of carbonyl (C=O) groups excluding carboxylic acids is 1. The van der Waals surface area contributed by atoms with E-state index in [1.807, 2.05) is 6.92 Å². The van der Waals surface area contributed by atoms with Crippen molar-refractivity contribution >= 4 is 27.5 Å². The van der Waals surface area contributed by atoms with Gasteiger partial charge in [-0.15, -0.1) is 0 Å². The number of nitrogens with one attached hydrogen (secondary N) is 2. The van der Waals surface area contributed by atoms with Crippen LogP contribution in [0.5, 0.6) is 0 Å². The van der Waals surface area contributed by atoms with Crippen LogP contribution < -0.4 is 14.3 Å². The van der Waals surface area contributed by atoms with Gasteiger partial charge in [0.25, 0.3) is 0 Å². The number of para-hydroxylation sites is 2. The van der Waals surface area contributed by atoms with Crippen molar-refractivity contribution in [3.63, 3.8) is 0 Å². The third-order valence-electron chi connectivity index (χ3n) is 3.84. The van der Waals surface area contributed by atoms with Crippen LogP contribution in [0.15, 0.2) is 24.3 Å². The van der Waals surface area contributed by atoms with Gasteiger partial charge in [0.15, 0.2) is 0 Å². The van der Waals surface area contributed by atoms with E-state index < -0.39 is 16.3 Å². The maximum Gasteiger partial charge on any atom is 0.324 e. The molecule has 0 aliphatic carbocycles. The molecule has 7 nitrogen and oxygen atoms in total. The minimum Gasteiger partial charge on any atom is -0.365 e. The fourth-order valence-electron chi connectivity index (χ4n) is 2.73. The summed E-state index contributed by atoms with van der Waals surface area (Å²) in [5, 5.41) is 2.74. The predicted octanol–water partition coefficient (Wildman–Crippen LogP) is 0.847. The lowest BCUT2D eigenvalue weighted by Crippen LogP contribution is -2.41. The standard InChI is InChI=1S/C14H19N3O4S/c1-10-6-7-13(21-10)14(18)15-8-9-17-12-5-3-2-4-11(12)16-22(17,19)20/h2-5,10,13,16H,6-9H2,1H3,(H,15,18)/t10-,13+/m1/s1. The SMILES string of the molecule is C[C@@H]1CC[C@@H](C(=O)NCCN2c3ccccc3NS2(=O)=O)O1. The Kier molecular flexibility index (Phi) is 3.96. The molecule has 0 radical (unpaired) electrons. The van der Waals surface area contributed by atoms with Crippen molar-refractivity contribution in [1.29, 1.82) is 0 Å². The Morgan fingerprint density at radius 1 is 1.41 bits per heavy atom. The molecule has 22 heavy (non-hydrogen) atoms. The highest BCUT2D eigenvalue weighted by Gasteiger charge is 2.32. The van der Waals surface area contributed by atoms with Crippen molar-refractivity contribution in [3.8, 4) is 0 Å². The van der Waals surface area contributed by atoms with Crippen molar-refractivity contribution in [2.75, 3.05) is 22.1 Å². The lowest BCUT2D eigenvalue weighted by Gasteiger charge is -2.18. The van der Waals surface area contributed by atoms with Crippen molar-refractivity contribution in [2.45, 2.75) is 32.0 Å². The fourth-order valence-corrected chi connectivity index (χ4v) is 4.04. The third-order valence-corrected chi connectivity index (χ3v) is 5.28. The quantitative estimate of drug-likeness (QED) is 0.859. The number of anilines is 2. The van der Waals surface area contributed by atoms with Gasteiger partial charge in [0.1, 0.15) is 6.10 Å². The predicted molar refractivity (Wildman–Crippen MR) is 82.9 cm³/mol. The summed E-state index contributed by atoms with van der Waals surface area (Å²) in [5.74, 6) is -0.179. The molecule has 0 bridgehead atoms. The van der Waals surface area contributed by atoms with Gasteiger partial charge in [-0.1, -0.05) is 12.1 Å². The van der Waals surface area contributed by atoms with Crippen LogP contribution >= 0.6 is 0 Å². The van der Waals surface area contributed by atoms with E-state index in [2.05, 4.69) is 10.0 Å². The van der Waals surface area contributed by atoms with Gasteiger partial charge in [0, 0.05) is 6.54 Å². The Morgan fingerprint density at radius 3 is 2.91 bits per heavy atom. The molecule has 1 aromatic rings. The molecule has 0 aromatic heterocycles. The molecule has 1 amide bonds. The van der Waals surface area contributed by atoms with Gasteiger partial charge >= 0.3 is 10.2 Å². The lowest BCUT2D eigenvalue weighted by atomic mass is 10.2. The number of rotatable bonds is 4. The second-order valence-corrected chi connectivity index (χ2v) is 7.10. The lowest BCUT2D eigenvalue weighted by molar-refractivity contribution is -0.131. The fraction of sp³-hybridized carbons (Fsp3) is 0.500. The Bertz CT molecular complexity index is 676. The summed E-state index contributed by atoms with van der Waals surface area (Å²) >= 11 is 0. The molecule has 1 fully saturated rings. The number of nitrogens with zero attached hydrogens (tertiary/aromatic N) is 1. The molecule has 3 rings (SSSR count). The minimum absolute atomic E-state index is 0.103. The number of carbonyl (C=O) groups is 1. The van der Waals surface area contributed by atoms with Crippen LogP contribution in [0.1, 0.15) is 19.8 Å². The van der Waals surface area contributed by atoms with Crippen molar-refractivity contribution in [2.24, 2.45) is 0 Å². The molecule has 120 valence electrons. The highest BCUT2D eigenvalue weighted by Crippen LogP contribution is 2.34. The van der Waals surface area contributed by atoms with Gasteiger partial charge in [-0.05, 0) is 31.9 Å². The Labute approximate surface area is 129 Å². The second kappa shape index (κ2) is 5.77. The summed E-state index contributed by atoms with van der Waals surface area (Å²) in [6.45, 7) is 2.36. The smallest absolute Gasteiger partial charge is 0.324 e. The molecule has 0 spiro atoms. The number of hydrogen-bond acceptors (Lipinski definition) is 4. The first-order valence-electron chi connectivity index (χ1n) is 7.30. The zero-order valence-corrected chi connectivity index (χ0v) is 13.1. The summed E-state index contributed by atoms with van der Waals surface area (Å²) in [7, 11) is -3.57. The third kappa shape index (κ3) is 2.89. The molecule has 0 saturated carbocycles. The van der Waals surface area contributed by atoms with Crippen molar-refractivity contribution in [3.05, 3.63) is 24.3 Å². The summed E-state index contributed by atoms with van der Waals surface area (Å²) in [6, 6.07) is 6.99. The molecule has 0 unspecified atom stereocenters. The van der Waals surface area contributed by atoms with Crippen LogP contribution in [0.25, 0.3) is 0 Å². The molecule has 2 aliphatic heterocycles. The van der Waals surface area contributed by atoms with Crippen LogP contribution in [-0.4, -0.2) is 39.6 Å². The van der Waals surface area contributed by atoms with Crippen LogP contribution in [0.2, 0.25) is 0 Å². The van der Waals surface area contributed by atoms with Crippen molar-refractivity contribution in [1.82, 2.24) is 5.32 Å². The first-order chi connectivity index (χ1) is 10.5. The molecule has 1 saturated heterocycles. The molecule has 8 heteroatoms. The molecular weight excluding hydrogens is 306 g/mol. The van der Waals surface area contributed by atoms with Crippen LogP contribution in [0.4, 0.5) is 11.4 Å². The highest BCUT2D eigenvalue weighted by molar-refractivity contribution is 7.94. The second-order valence-electron chi connectivity index (χ2n) is 5.50. The van der Waals surface area contributed by atoms with E-state index in [4.69, 9.17) is 4.74 Å². The topological polar surface area (TPSA) is 87.7 Å². The van der Waals surface area contributed by atoms with E-state index in [1.54, 1.807) is 24.3 Å². The van der Waals surface area contributed by atoms with E-state index in [-0.39, 0.29) is 25.1 Å². The van der Waals surface area contributed by atoms with Crippen LogP contribution in [0.3, 0.4) is 0 Å². The summed E-state index contributed by atoms with van der Waals surface area (Å²) in [5.41, 5.74) is 1.16. The number of ether oxygens (including phenoxy) is 1. The summed E-state index contributed by atoms with van der Waals surface area (Å²) < 4.78 is 33.4. The number of hydrogen-bond donors (Lipinski definition) is 2. The number of amides is 1. The first kappa shape index (κ1) is 15.1. The van der Waals surface area contributed by atoms with Gasteiger partial charge in [0.05, 0.1) is 24.0 Å². The monoisotopic (exact) mass is 325 g/mol. The van der Waals surface area contributed by atoms with Gasteiger partial charge in [-0.3, -0.25) is 9.52 Å². The minimum atomic E-state index is -3.57. The maximum atomic E-state index is 12.1. The average Bonchev–Trinajstić information content (AvgIpc) is 3.00. The van der Waals surface area contributed by atoms with E-state index in [1.165, 1.54) is 4.31 Å². The first-order valence-corrected chi connectivity index (χ1v) is 8.74. The molecule has 1 aromatic carbocycles. The Balaban J connectivity index is 1.58. The summed E-state index contributed by atoms with van der Waals surface area (Å²) in [4.78, 5) is 12.0. The van der Waals surface area contributed by atoms with Crippen LogP contribution in [0, 0.1) is 0 Å². The molecule has 2 heterocycles. The van der Waals surface area contributed by atoms with E-state index in [0.29, 0.717) is 17.8 Å². The Hall–Kier alpha value is -1.80. The van der Waals surface area contributed by atoms with E-state index in [0.717, 1.165) is 6.42 Å². The van der Waals surface area contributed by atoms with Crippen LogP contribution in [-0.2, 0) is 19.7 Å². The summed E-state index contributed by atoms with van der Waals surface area (Å²) in [6.07, 6.45) is 1.26. The average molecular weight is 325 g/mol. The molecule has 2 N–H and O–H groups in total. The van der Waals surface area contributed by atoms with Gasteiger partial charge in [-0.2, -0.15) is 8.42 Å². The number of fused-ring (bicyclic) bond motifs is 1. The molecule has 2 aliphatic rings. The van der Waals surface area contributed by atoms with E-state index in [9.17, 15) is 13.2 Å². The molecule has 2 atom stereocenters. The van der Waals surface area contributed by atoms with Gasteiger partial charge < -0.3 is 10.1 Å². The largest absolute Gasteiger partial charge is 0.365 e. The van der Waals surface area contributed by atoms with E-state index >= 15 is 0 Å². The van der Waals surface area contributed by atoms with Gasteiger partial charge in [-0.25, -0.2) is 4.31 Å². The Morgan fingerprint density at radius 2 is 2.18 bits per heavy atom. The number of benzene rings is 1. The van der Waals surface area contributed by atoms with Gasteiger partial charge in [0.2, 0.25) is 5.91 Å². The highest BCUT2D eigenvalue weighted by atomic mass is 32.2. The molecular formula is C14H19N3O4S. The maximum absolute atomic E-state index is 12.1. The normalized spacial score (nSPS) is 25.6. The zero-order chi connectivity index (χ0) is 15.7.